The van der Waals surface area contributed by atoms with Gasteiger partial charge in [0.2, 0.25) is 0 Å². The molecule has 21 heavy (non-hydrogen) atoms. The van der Waals surface area contributed by atoms with Gasteiger partial charge in [0.15, 0.2) is 0 Å². The van der Waals surface area contributed by atoms with Crippen molar-refractivity contribution in [2.24, 2.45) is 17.3 Å². The maximum Gasteiger partial charge on any atom is 0.00255 e. The molecule has 1 aliphatic heterocycles. The predicted octanol–water partition coefficient (Wildman–Crippen LogP) is 4.90. The van der Waals surface area contributed by atoms with Crippen molar-refractivity contribution in [1.29, 1.82) is 0 Å². The van der Waals surface area contributed by atoms with Crippen LogP contribution < -0.4 is 5.32 Å². The van der Waals surface area contributed by atoms with E-state index < -0.39 is 0 Å². The van der Waals surface area contributed by atoms with E-state index in [0.717, 1.165) is 17.8 Å². The Labute approximate surface area is 130 Å². The van der Waals surface area contributed by atoms with Gasteiger partial charge in [0.05, 0.1) is 0 Å². The van der Waals surface area contributed by atoms with Crippen molar-refractivity contribution in [2.45, 2.75) is 58.8 Å². The molecular weight excluding hydrogens is 254 g/mol. The second-order valence-electron chi connectivity index (χ2n) is 7.86. The maximum absolute atomic E-state index is 3.65. The zero-order valence-corrected chi connectivity index (χ0v) is 14.0. The molecule has 1 atom stereocenters. The quantitative estimate of drug-likeness (QED) is 0.814. The van der Waals surface area contributed by atoms with Crippen LogP contribution in [0.15, 0.2) is 24.3 Å². The summed E-state index contributed by atoms with van der Waals surface area (Å²) < 4.78 is 0. The third kappa shape index (κ3) is 3.04. The molecule has 0 amide bonds. The van der Waals surface area contributed by atoms with Crippen LogP contribution in [0.3, 0.4) is 0 Å². The van der Waals surface area contributed by atoms with Gasteiger partial charge in [-0.25, -0.2) is 0 Å². The lowest BCUT2D eigenvalue weighted by Crippen LogP contribution is -2.45. The van der Waals surface area contributed by atoms with Gasteiger partial charge < -0.3 is 5.32 Å². The van der Waals surface area contributed by atoms with Crippen LogP contribution in [0.4, 0.5) is 0 Å². The van der Waals surface area contributed by atoms with Gasteiger partial charge in [-0.1, -0.05) is 43.7 Å². The normalized spacial score (nSPS) is 33.5. The number of benzene rings is 1. The molecule has 116 valence electrons. The fourth-order valence-corrected chi connectivity index (χ4v) is 4.72. The first-order chi connectivity index (χ1) is 10.1. The fraction of sp³-hybridized carbons (Fsp3) is 0.700. The zero-order chi connectivity index (χ0) is 14.9. The van der Waals surface area contributed by atoms with Crippen LogP contribution in [0.2, 0.25) is 0 Å². The molecular formula is C20H31N. The number of piperidine rings is 1. The molecule has 0 bridgehead atoms. The van der Waals surface area contributed by atoms with Crippen molar-refractivity contribution in [3.05, 3.63) is 35.4 Å². The molecule has 1 unspecified atom stereocenters. The minimum Gasteiger partial charge on any atom is -0.316 e. The van der Waals surface area contributed by atoms with Gasteiger partial charge in [-0.3, -0.25) is 0 Å². The Hall–Kier alpha value is -0.820. The van der Waals surface area contributed by atoms with Crippen molar-refractivity contribution in [2.75, 3.05) is 13.1 Å². The zero-order valence-electron chi connectivity index (χ0n) is 14.0. The van der Waals surface area contributed by atoms with Crippen molar-refractivity contribution in [3.8, 4) is 0 Å². The Bertz CT molecular complexity index is 451. The monoisotopic (exact) mass is 285 g/mol. The molecule has 1 heterocycles. The van der Waals surface area contributed by atoms with Crippen LogP contribution in [-0.4, -0.2) is 13.1 Å². The summed E-state index contributed by atoms with van der Waals surface area (Å²) in [6, 6.07) is 9.33. The molecule has 0 aromatic heterocycles. The summed E-state index contributed by atoms with van der Waals surface area (Å²) in [6.07, 6.45) is 7.14. The van der Waals surface area contributed by atoms with Gasteiger partial charge in [-0.2, -0.15) is 0 Å². The Kier molecular flexibility index (Phi) is 4.40. The molecule has 1 spiro atoms. The smallest absolute Gasteiger partial charge is 0.00255 e. The summed E-state index contributed by atoms with van der Waals surface area (Å²) in [4.78, 5) is 0. The Morgan fingerprint density at radius 1 is 1.05 bits per heavy atom. The van der Waals surface area contributed by atoms with Crippen molar-refractivity contribution < 1.29 is 0 Å². The molecule has 1 heteroatoms. The highest BCUT2D eigenvalue weighted by atomic mass is 14.9. The van der Waals surface area contributed by atoms with Crippen LogP contribution in [0.5, 0.6) is 0 Å². The molecule has 3 rings (SSSR count). The van der Waals surface area contributed by atoms with E-state index in [0.29, 0.717) is 5.41 Å². The van der Waals surface area contributed by atoms with E-state index in [1.54, 1.807) is 5.56 Å². The molecule has 1 aromatic rings. The SMILES string of the molecule is Cc1ccc(C2CNCCC23CCC(C(C)C)CC3)cc1. The third-order valence-electron chi connectivity index (χ3n) is 6.34. The molecule has 1 aromatic carbocycles. The highest BCUT2D eigenvalue weighted by Gasteiger charge is 2.43. The van der Waals surface area contributed by atoms with Crippen molar-refractivity contribution in [3.63, 3.8) is 0 Å². The van der Waals surface area contributed by atoms with Crippen LogP contribution in [-0.2, 0) is 0 Å². The predicted molar refractivity (Wildman–Crippen MR) is 90.6 cm³/mol. The molecule has 1 N–H and O–H groups in total. The van der Waals surface area contributed by atoms with Gasteiger partial charge in [-0.15, -0.1) is 0 Å². The first-order valence-corrected chi connectivity index (χ1v) is 8.88. The second-order valence-corrected chi connectivity index (χ2v) is 7.86. The van der Waals surface area contributed by atoms with E-state index in [1.165, 1.54) is 50.8 Å². The van der Waals surface area contributed by atoms with E-state index >= 15 is 0 Å². The highest BCUT2D eigenvalue weighted by Crippen LogP contribution is 2.53. The first kappa shape index (κ1) is 15.1. The summed E-state index contributed by atoms with van der Waals surface area (Å²) >= 11 is 0. The van der Waals surface area contributed by atoms with E-state index in [4.69, 9.17) is 0 Å². The van der Waals surface area contributed by atoms with E-state index in [2.05, 4.69) is 50.4 Å². The molecule has 1 aliphatic carbocycles. The summed E-state index contributed by atoms with van der Waals surface area (Å²) in [5.74, 6) is 2.55. The first-order valence-electron chi connectivity index (χ1n) is 8.88. The van der Waals surface area contributed by atoms with E-state index in [9.17, 15) is 0 Å². The molecule has 2 fully saturated rings. The van der Waals surface area contributed by atoms with Crippen LogP contribution in [0, 0.1) is 24.2 Å². The number of hydrogen-bond donors (Lipinski definition) is 1. The Morgan fingerprint density at radius 3 is 2.33 bits per heavy atom. The Morgan fingerprint density at radius 2 is 1.71 bits per heavy atom. The number of aryl methyl sites for hydroxylation is 1. The molecule has 2 aliphatic rings. The summed E-state index contributed by atoms with van der Waals surface area (Å²) in [5.41, 5.74) is 3.52. The maximum atomic E-state index is 3.65. The molecule has 1 saturated heterocycles. The average molecular weight is 285 g/mol. The summed E-state index contributed by atoms with van der Waals surface area (Å²) in [5, 5.41) is 3.65. The molecule has 0 radical (unpaired) electrons. The molecule has 1 saturated carbocycles. The third-order valence-corrected chi connectivity index (χ3v) is 6.34. The number of nitrogens with one attached hydrogen (secondary N) is 1. The van der Waals surface area contributed by atoms with Crippen LogP contribution >= 0.6 is 0 Å². The number of rotatable bonds is 2. The van der Waals surface area contributed by atoms with Gasteiger partial charge in [-0.05, 0) is 68.4 Å². The van der Waals surface area contributed by atoms with Crippen molar-refractivity contribution >= 4 is 0 Å². The summed E-state index contributed by atoms with van der Waals surface area (Å²) in [6.45, 7) is 9.39. The second kappa shape index (κ2) is 6.12. The van der Waals surface area contributed by atoms with Gasteiger partial charge in [0.25, 0.3) is 0 Å². The van der Waals surface area contributed by atoms with Crippen LogP contribution in [0.25, 0.3) is 0 Å². The van der Waals surface area contributed by atoms with Gasteiger partial charge >= 0.3 is 0 Å². The lowest BCUT2D eigenvalue weighted by atomic mass is 9.58. The lowest BCUT2D eigenvalue weighted by Gasteiger charge is -2.49. The summed E-state index contributed by atoms with van der Waals surface area (Å²) in [7, 11) is 0. The minimum atomic E-state index is 0.575. The number of hydrogen-bond acceptors (Lipinski definition) is 1. The average Bonchev–Trinajstić information content (AvgIpc) is 2.49. The highest BCUT2D eigenvalue weighted by molar-refractivity contribution is 5.27. The minimum absolute atomic E-state index is 0.575. The van der Waals surface area contributed by atoms with E-state index in [-0.39, 0.29) is 0 Å². The standard InChI is InChI=1S/C20H31N/c1-15(2)17-8-10-20(11-9-17)12-13-21-14-19(20)18-6-4-16(3)5-7-18/h4-7,15,17,19,21H,8-14H2,1-3H3. The van der Waals surface area contributed by atoms with Crippen molar-refractivity contribution in [1.82, 2.24) is 5.32 Å². The van der Waals surface area contributed by atoms with Gasteiger partial charge in [0, 0.05) is 12.5 Å². The van der Waals surface area contributed by atoms with E-state index in [1.807, 2.05) is 0 Å². The lowest BCUT2D eigenvalue weighted by molar-refractivity contribution is 0.0670. The topological polar surface area (TPSA) is 12.0 Å². The molecule has 1 nitrogen and oxygen atoms in total. The fourth-order valence-electron chi connectivity index (χ4n) is 4.72. The van der Waals surface area contributed by atoms with Gasteiger partial charge in [0.1, 0.15) is 0 Å². The largest absolute Gasteiger partial charge is 0.316 e. The van der Waals surface area contributed by atoms with Crippen LogP contribution in [0.1, 0.15) is 63.0 Å². The Balaban J connectivity index is 1.80.